The number of fused-ring (bicyclic) bond motifs is 1. The molecule has 0 aliphatic carbocycles. The van der Waals surface area contributed by atoms with Gasteiger partial charge in [-0.15, -0.1) is 0 Å². The van der Waals surface area contributed by atoms with Crippen molar-refractivity contribution in [1.82, 2.24) is 19.9 Å². The van der Waals surface area contributed by atoms with Crippen molar-refractivity contribution < 1.29 is 18.8 Å². The van der Waals surface area contributed by atoms with E-state index in [1.165, 1.54) is 6.20 Å². The molecule has 0 aliphatic heterocycles. The Hall–Kier alpha value is -3.18. The third-order valence-electron chi connectivity index (χ3n) is 4.89. The highest BCUT2D eigenvalue weighted by Crippen LogP contribution is 2.28. The number of hydrogen-bond acceptors (Lipinski definition) is 6. The van der Waals surface area contributed by atoms with E-state index in [-0.39, 0.29) is 46.7 Å². The fourth-order valence-electron chi connectivity index (χ4n) is 3.15. The second-order valence-corrected chi connectivity index (χ2v) is 15.0. The number of nitro benzene ring substituents is 1. The quantitative estimate of drug-likeness (QED) is 0.210. The highest BCUT2D eigenvalue weighted by Gasteiger charge is 2.21. The molecular formula is C22H28FN5O4Si. The average Bonchev–Trinajstić information content (AvgIpc) is 3.08. The van der Waals surface area contributed by atoms with E-state index in [1.807, 2.05) is 13.8 Å². The predicted octanol–water partition coefficient (Wildman–Crippen LogP) is 4.60. The van der Waals surface area contributed by atoms with Gasteiger partial charge in [0, 0.05) is 44.6 Å². The SMILES string of the molecule is CC(C)NC(=O)c1cn(COCC[Si](C)(C)C)c2ncc(-c3cc([N+](=O)[O-])ccc3F)nc12. The highest BCUT2D eigenvalue weighted by molar-refractivity contribution is 6.76. The summed E-state index contributed by atoms with van der Waals surface area (Å²) in [6.07, 6.45) is 2.96. The molecule has 9 nitrogen and oxygen atoms in total. The average molecular weight is 474 g/mol. The second-order valence-electron chi connectivity index (χ2n) is 9.34. The zero-order valence-electron chi connectivity index (χ0n) is 19.4. The third kappa shape index (κ3) is 5.99. The van der Waals surface area contributed by atoms with Gasteiger partial charge in [-0.2, -0.15) is 0 Å². The van der Waals surface area contributed by atoms with E-state index < -0.39 is 18.8 Å². The van der Waals surface area contributed by atoms with Crippen molar-refractivity contribution in [3.05, 3.63) is 52.1 Å². The minimum absolute atomic E-state index is 0.0621. The number of nitrogens with zero attached hydrogens (tertiary/aromatic N) is 4. The summed E-state index contributed by atoms with van der Waals surface area (Å²) in [5.41, 5.74) is 0.719. The van der Waals surface area contributed by atoms with Gasteiger partial charge in [0.15, 0.2) is 5.65 Å². The lowest BCUT2D eigenvalue weighted by Gasteiger charge is -2.15. The summed E-state index contributed by atoms with van der Waals surface area (Å²) in [5.74, 6) is -1.02. The zero-order valence-corrected chi connectivity index (χ0v) is 20.4. The number of rotatable bonds is 9. The van der Waals surface area contributed by atoms with E-state index >= 15 is 0 Å². The van der Waals surface area contributed by atoms with E-state index in [1.54, 1.807) is 10.8 Å². The molecule has 1 N–H and O–H groups in total. The molecule has 2 heterocycles. The number of carbonyl (C=O) groups excluding carboxylic acids is 1. The molecule has 0 saturated heterocycles. The first-order chi connectivity index (χ1) is 15.5. The van der Waals surface area contributed by atoms with Crippen molar-refractivity contribution in [1.29, 1.82) is 0 Å². The molecule has 1 aromatic carbocycles. The maximum absolute atomic E-state index is 14.5. The van der Waals surface area contributed by atoms with Gasteiger partial charge in [0.05, 0.1) is 22.4 Å². The van der Waals surface area contributed by atoms with Crippen LogP contribution >= 0.6 is 0 Å². The topological polar surface area (TPSA) is 112 Å². The number of halogens is 1. The number of nitrogens with one attached hydrogen (secondary N) is 1. The summed E-state index contributed by atoms with van der Waals surface area (Å²) in [6, 6.07) is 4.10. The van der Waals surface area contributed by atoms with Crippen LogP contribution in [0.25, 0.3) is 22.4 Å². The van der Waals surface area contributed by atoms with Gasteiger partial charge in [-0.3, -0.25) is 14.9 Å². The molecule has 0 spiro atoms. The number of non-ortho nitro benzene ring substituents is 1. The van der Waals surface area contributed by atoms with Crippen molar-refractivity contribution in [2.24, 2.45) is 0 Å². The van der Waals surface area contributed by atoms with Crippen molar-refractivity contribution in [2.45, 2.75) is 52.3 Å². The van der Waals surface area contributed by atoms with Crippen LogP contribution in [0.1, 0.15) is 24.2 Å². The molecule has 0 saturated carbocycles. The Morgan fingerprint density at radius 1 is 1.33 bits per heavy atom. The fraction of sp³-hybridized carbons (Fsp3) is 0.409. The molecule has 0 aliphatic rings. The van der Waals surface area contributed by atoms with Crippen molar-refractivity contribution in [3.63, 3.8) is 0 Å². The molecule has 3 aromatic rings. The standard InChI is InChI=1S/C22H28FN5O4Si/c1-14(2)25-22(29)17-12-27(13-32-8-9-33(3,4)5)21-20(17)26-19(11-24-21)16-10-15(28(30)31)6-7-18(16)23/h6-7,10-12,14H,8-9,13H2,1-5H3,(H,25,29). The maximum atomic E-state index is 14.5. The van der Waals surface area contributed by atoms with E-state index in [0.29, 0.717) is 12.3 Å². The van der Waals surface area contributed by atoms with Crippen LogP contribution in [0, 0.1) is 15.9 Å². The molecule has 33 heavy (non-hydrogen) atoms. The lowest BCUT2D eigenvalue weighted by molar-refractivity contribution is -0.384. The van der Waals surface area contributed by atoms with Crippen LogP contribution in [-0.4, -0.2) is 46.1 Å². The normalized spacial score (nSPS) is 11.8. The number of ether oxygens (including phenoxy) is 1. The lowest BCUT2D eigenvalue weighted by Crippen LogP contribution is -2.30. The van der Waals surface area contributed by atoms with Crippen LogP contribution in [0.3, 0.4) is 0 Å². The van der Waals surface area contributed by atoms with E-state index in [4.69, 9.17) is 4.74 Å². The molecule has 3 rings (SSSR count). The van der Waals surface area contributed by atoms with Crippen molar-refractivity contribution >= 4 is 30.8 Å². The Bertz CT molecular complexity index is 1190. The first-order valence-electron chi connectivity index (χ1n) is 10.6. The summed E-state index contributed by atoms with van der Waals surface area (Å²) in [6.45, 7) is 11.2. The van der Waals surface area contributed by atoms with Crippen LogP contribution in [0.4, 0.5) is 10.1 Å². The fourth-order valence-corrected chi connectivity index (χ4v) is 3.91. The maximum Gasteiger partial charge on any atom is 0.270 e. The number of carbonyl (C=O) groups is 1. The van der Waals surface area contributed by atoms with Gasteiger partial charge in [0.25, 0.3) is 11.6 Å². The Kier molecular flexibility index (Phi) is 7.23. The summed E-state index contributed by atoms with van der Waals surface area (Å²) in [5, 5.41) is 14.0. The summed E-state index contributed by atoms with van der Waals surface area (Å²) < 4.78 is 22.0. The van der Waals surface area contributed by atoms with Gasteiger partial charge in [0.2, 0.25) is 0 Å². The largest absolute Gasteiger partial charge is 0.361 e. The Labute approximate surface area is 192 Å². The van der Waals surface area contributed by atoms with Gasteiger partial charge in [-0.1, -0.05) is 19.6 Å². The van der Waals surface area contributed by atoms with Crippen LogP contribution in [0.5, 0.6) is 0 Å². The molecule has 0 unspecified atom stereocenters. The predicted molar refractivity (Wildman–Crippen MR) is 126 cm³/mol. The molecule has 176 valence electrons. The molecule has 1 amide bonds. The van der Waals surface area contributed by atoms with Gasteiger partial charge in [-0.05, 0) is 26.0 Å². The number of nitro groups is 1. The summed E-state index contributed by atoms with van der Waals surface area (Å²) in [7, 11) is -1.25. The number of aromatic nitrogens is 3. The summed E-state index contributed by atoms with van der Waals surface area (Å²) >= 11 is 0. The van der Waals surface area contributed by atoms with Gasteiger partial charge in [0.1, 0.15) is 18.1 Å². The smallest absolute Gasteiger partial charge is 0.270 e. The van der Waals surface area contributed by atoms with Gasteiger partial charge < -0.3 is 14.6 Å². The Morgan fingerprint density at radius 3 is 2.70 bits per heavy atom. The molecule has 0 atom stereocenters. The van der Waals surface area contributed by atoms with Crippen molar-refractivity contribution in [3.8, 4) is 11.3 Å². The van der Waals surface area contributed by atoms with Crippen LogP contribution < -0.4 is 5.32 Å². The molecule has 2 aromatic heterocycles. The minimum Gasteiger partial charge on any atom is -0.361 e. The Balaban J connectivity index is 2.03. The van der Waals surface area contributed by atoms with Crippen LogP contribution in [0.2, 0.25) is 25.7 Å². The first kappa shape index (κ1) is 24.5. The molecular weight excluding hydrogens is 445 g/mol. The monoisotopic (exact) mass is 473 g/mol. The lowest BCUT2D eigenvalue weighted by atomic mass is 10.1. The number of benzene rings is 1. The zero-order chi connectivity index (χ0) is 24.3. The first-order valence-corrected chi connectivity index (χ1v) is 14.4. The number of amides is 1. The van der Waals surface area contributed by atoms with Gasteiger partial charge in [-0.25, -0.2) is 14.4 Å². The van der Waals surface area contributed by atoms with Gasteiger partial charge >= 0.3 is 0 Å². The molecule has 0 radical (unpaired) electrons. The summed E-state index contributed by atoms with van der Waals surface area (Å²) in [4.78, 5) is 32.2. The second kappa shape index (κ2) is 9.75. The molecule has 0 bridgehead atoms. The molecule has 11 heteroatoms. The minimum atomic E-state index is -1.25. The van der Waals surface area contributed by atoms with Crippen LogP contribution in [0.15, 0.2) is 30.6 Å². The van der Waals surface area contributed by atoms with E-state index in [9.17, 15) is 19.3 Å². The van der Waals surface area contributed by atoms with Crippen molar-refractivity contribution in [2.75, 3.05) is 6.61 Å². The van der Waals surface area contributed by atoms with Crippen LogP contribution in [-0.2, 0) is 11.5 Å². The molecule has 0 fully saturated rings. The highest BCUT2D eigenvalue weighted by atomic mass is 28.3. The van der Waals surface area contributed by atoms with E-state index in [0.717, 1.165) is 24.2 Å². The third-order valence-corrected chi connectivity index (χ3v) is 6.60. The number of hydrogen-bond donors (Lipinski definition) is 1. The Morgan fingerprint density at radius 2 is 2.06 bits per heavy atom. The van der Waals surface area contributed by atoms with E-state index in [2.05, 4.69) is 34.9 Å².